The van der Waals surface area contributed by atoms with Crippen molar-refractivity contribution in [1.29, 1.82) is 0 Å². The van der Waals surface area contributed by atoms with Crippen LogP contribution < -0.4 is 4.90 Å². The summed E-state index contributed by atoms with van der Waals surface area (Å²) >= 11 is 11.5. The predicted octanol–water partition coefficient (Wildman–Crippen LogP) is 3.71. The molecule has 0 N–H and O–H groups in total. The van der Waals surface area contributed by atoms with E-state index >= 15 is 0 Å². The Morgan fingerprint density at radius 1 is 1.47 bits per heavy atom. The van der Waals surface area contributed by atoms with Crippen molar-refractivity contribution in [1.82, 2.24) is 0 Å². The maximum Gasteiger partial charge on any atom is 0.241 e. The fraction of sp³-hybridized carbons (Fsp3) is 0.417. The molecule has 17 heavy (non-hydrogen) atoms. The van der Waals surface area contributed by atoms with Gasteiger partial charge in [0.15, 0.2) is 0 Å². The number of alkyl halides is 1. The lowest BCUT2D eigenvalue weighted by Gasteiger charge is -2.24. The zero-order chi connectivity index (χ0) is 13.0. The van der Waals surface area contributed by atoms with Crippen LogP contribution in [-0.4, -0.2) is 18.3 Å². The van der Waals surface area contributed by atoms with Crippen molar-refractivity contribution in [2.24, 2.45) is 5.92 Å². The molecule has 0 spiro atoms. The van der Waals surface area contributed by atoms with Crippen LogP contribution in [0.4, 0.5) is 10.1 Å². The second-order valence-corrected chi connectivity index (χ2v) is 4.80. The third kappa shape index (κ3) is 3.86. The highest BCUT2D eigenvalue weighted by atomic mass is 35.5. The summed E-state index contributed by atoms with van der Waals surface area (Å²) in [5.74, 6) is -0.529. The van der Waals surface area contributed by atoms with Crippen molar-refractivity contribution < 1.29 is 9.18 Å². The Kier molecular flexibility index (Phi) is 5.22. The summed E-state index contributed by atoms with van der Waals surface area (Å²) in [7, 11) is 0. The van der Waals surface area contributed by atoms with E-state index in [0.717, 1.165) is 0 Å². The van der Waals surface area contributed by atoms with Gasteiger partial charge in [-0.15, -0.1) is 11.6 Å². The zero-order valence-corrected chi connectivity index (χ0v) is 11.2. The highest BCUT2D eigenvalue weighted by Crippen LogP contribution is 2.27. The minimum atomic E-state index is -0.429. The highest BCUT2D eigenvalue weighted by Gasteiger charge is 2.18. The lowest BCUT2D eigenvalue weighted by atomic mass is 10.2. The van der Waals surface area contributed by atoms with Gasteiger partial charge in [0.25, 0.3) is 0 Å². The van der Waals surface area contributed by atoms with E-state index in [9.17, 15) is 9.18 Å². The van der Waals surface area contributed by atoms with Crippen LogP contribution in [0, 0.1) is 11.7 Å². The average molecular weight is 278 g/mol. The standard InChI is InChI=1S/C12H14Cl2FNO/c1-8(2)7-16(12(17)6-13)11-4-3-9(15)5-10(11)14/h3-5,8H,6-7H2,1-2H3. The van der Waals surface area contributed by atoms with E-state index in [-0.39, 0.29) is 22.7 Å². The molecule has 1 amide bonds. The number of amides is 1. The van der Waals surface area contributed by atoms with Gasteiger partial charge in [0, 0.05) is 6.54 Å². The molecule has 0 bridgehead atoms. The maximum atomic E-state index is 12.9. The Labute approximate surface area is 110 Å². The summed E-state index contributed by atoms with van der Waals surface area (Å²) in [6.07, 6.45) is 0. The minimum Gasteiger partial charge on any atom is -0.310 e. The van der Waals surface area contributed by atoms with E-state index in [1.165, 1.54) is 23.1 Å². The first-order valence-corrected chi connectivity index (χ1v) is 6.18. The van der Waals surface area contributed by atoms with Gasteiger partial charge >= 0.3 is 0 Å². The van der Waals surface area contributed by atoms with Crippen LogP contribution in [0.3, 0.4) is 0 Å². The summed E-state index contributed by atoms with van der Waals surface area (Å²) in [5.41, 5.74) is 0.493. The summed E-state index contributed by atoms with van der Waals surface area (Å²) in [6.45, 7) is 4.45. The van der Waals surface area contributed by atoms with Gasteiger partial charge in [-0.2, -0.15) is 0 Å². The fourth-order valence-electron chi connectivity index (χ4n) is 1.47. The monoisotopic (exact) mass is 277 g/mol. The number of hydrogen-bond donors (Lipinski definition) is 0. The molecule has 0 aliphatic rings. The number of carbonyl (C=O) groups excluding carboxylic acids is 1. The van der Waals surface area contributed by atoms with E-state index in [4.69, 9.17) is 23.2 Å². The first kappa shape index (κ1) is 14.3. The topological polar surface area (TPSA) is 20.3 Å². The van der Waals surface area contributed by atoms with Crippen LogP contribution in [0.2, 0.25) is 5.02 Å². The summed E-state index contributed by atoms with van der Waals surface area (Å²) in [6, 6.07) is 3.95. The van der Waals surface area contributed by atoms with Crippen molar-refractivity contribution in [3.8, 4) is 0 Å². The van der Waals surface area contributed by atoms with Crippen LogP contribution in [0.25, 0.3) is 0 Å². The van der Waals surface area contributed by atoms with E-state index in [1.54, 1.807) is 0 Å². The minimum absolute atomic E-state index is 0.125. The largest absolute Gasteiger partial charge is 0.310 e. The third-order valence-corrected chi connectivity index (χ3v) is 2.69. The van der Waals surface area contributed by atoms with Crippen LogP contribution in [0.15, 0.2) is 18.2 Å². The molecule has 0 saturated heterocycles. The van der Waals surface area contributed by atoms with Gasteiger partial charge in [0.1, 0.15) is 11.7 Å². The quantitative estimate of drug-likeness (QED) is 0.769. The number of benzene rings is 1. The van der Waals surface area contributed by atoms with Crippen LogP contribution in [0.1, 0.15) is 13.8 Å². The van der Waals surface area contributed by atoms with Crippen LogP contribution >= 0.6 is 23.2 Å². The molecule has 0 unspecified atom stereocenters. The maximum absolute atomic E-state index is 12.9. The van der Waals surface area contributed by atoms with E-state index in [1.807, 2.05) is 13.8 Å². The molecule has 0 atom stereocenters. The van der Waals surface area contributed by atoms with Gasteiger partial charge in [0.05, 0.1) is 10.7 Å². The van der Waals surface area contributed by atoms with E-state index in [0.29, 0.717) is 12.2 Å². The molecule has 1 rings (SSSR count). The molecule has 2 nitrogen and oxygen atoms in total. The molecule has 0 aliphatic heterocycles. The lowest BCUT2D eigenvalue weighted by Crippen LogP contribution is -2.35. The molecular weight excluding hydrogens is 264 g/mol. The highest BCUT2D eigenvalue weighted by molar-refractivity contribution is 6.35. The molecular formula is C12H14Cl2FNO. The third-order valence-electron chi connectivity index (χ3n) is 2.16. The van der Waals surface area contributed by atoms with Crippen molar-refractivity contribution >= 4 is 34.8 Å². The number of carbonyl (C=O) groups is 1. The van der Waals surface area contributed by atoms with Crippen LogP contribution in [0.5, 0.6) is 0 Å². The average Bonchev–Trinajstić information content (AvgIpc) is 2.25. The van der Waals surface area contributed by atoms with Gasteiger partial charge < -0.3 is 4.90 Å². The lowest BCUT2D eigenvalue weighted by molar-refractivity contribution is -0.116. The molecule has 0 heterocycles. The molecule has 0 fully saturated rings. The molecule has 0 saturated carbocycles. The Bertz CT molecular complexity index is 409. The molecule has 5 heteroatoms. The van der Waals surface area contributed by atoms with E-state index in [2.05, 4.69) is 0 Å². The van der Waals surface area contributed by atoms with Gasteiger partial charge in [-0.1, -0.05) is 25.4 Å². The summed E-state index contributed by atoms with van der Waals surface area (Å²) in [5, 5.41) is 0.212. The van der Waals surface area contributed by atoms with E-state index < -0.39 is 5.82 Å². The van der Waals surface area contributed by atoms with Gasteiger partial charge in [-0.25, -0.2) is 4.39 Å². The number of hydrogen-bond acceptors (Lipinski definition) is 1. The van der Waals surface area contributed by atoms with Crippen molar-refractivity contribution in [2.45, 2.75) is 13.8 Å². The van der Waals surface area contributed by atoms with Crippen molar-refractivity contribution in [3.05, 3.63) is 29.0 Å². The first-order chi connectivity index (χ1) is 7.95. The first-order valence-electron chi connectivity index (χ1n) is 5.27. The van der Waals surface area contributed by atoms with Gasteiger partial charge in [-0.05, 0) is 24.1 Å². The molecule has 1 aromatic rings. The molecule has 1 aromatic carbocycles. The smallest absolute Gasteiger partial charge is 0.241 e. The second kappa shape index (κ2) is 6.22. The SMILES string of the molecule is CC(C)CN(C(=O)CCl)c1ccc(F)cc1Cl. The second-order valence-electron chi connectivity index (χ2n) is 4.13. The number of anilines is 1. The molecule has 0 radical (unpaired) electrons. The molecule has 0 aliphatic carbocycles. The fourth-order valence-corrected chi connectivity index (χ4v) is 1.89. The number of halogens is 3. The number of nitrogens with zero attached hydrogens (tertiary/aromatic N) is 1. The number of rotatable bonds is 4. The van der Waals surface area contributed by atoms with Crippen LogP contribution in [-0.2, 0) is 4.79 Å². The Morgan fingerprint density at radius 3 is 2.59 bits per heavy atom. The van der Waals surface area contributed by atoms with Crippen molar-refractivity contribution in [3.63, 3.8) is 0 Å². The van der Waals surface area contributed by atoms with Crippen molar-refractivity contribution in [2.75, 3.05) is 17.3 Å². The summed E-state index contributed by atoms with van der Waals surface area (Å²) < 4.78 is 12.9. The van der Waals surface area contributed by atoms with Gasteiger partial charge in [0.2, 0.25) is 5.91 Å². The normalized spacial score (nSPS) is 10.7. The molecule has 0 aromatic heterocycles. The summed E-state index contributed by atoms with van der Waals surface area (Å²) in [4.78, 5) is 13.2. The predicted molar refractivity (Wildman–Crippen MR) is 69.3 cm³/mol. The molecule has 94 valence electrons. The Hall–Kier alpha value is -0.800. The Morgan fingerprint density at radius 2 is 2.12 bits per heavy atom. The Balaban J connectivity index is 3.08. The van der Waals surface area contributed by atoms with Gasteiger partial charge in [-0.3, -0.25) is 4.79 Å². The zero-order valence-electron chi connectivity index (χ0n) is 9.71.